The SMILES string of the molecule is CC(C)Oc1ccc2c(C#N)c(-c3ccc(N4CCCC4=O)cc3)n(C)c2c1. The number of nitrogens with zero attached hydrogens (tertiary/aromatic N) is 3. The quantitative estimate of drug-likeness (QED) is 0.670. The molecule has 0 aliphatic carbocycles. The molecule has 5 heteroatoms. The highest BCUT2D eigenvalue weighted by atomic mass is 16.5. The normalized spacial score (nSPS) is 14.1. The fourth-order valence-corrected chi connectivity index (χ4v) is 3.93. The van der Waals surface area contributed by atoms with Gasteiger partial charge in [0.2, 0.25) is 5.91 Å². The molecule has 1 aliphatic heterocycles. The van der Waals surface area contributed by atoms with Crippen LogP contribution in [0.5, 0.6) is 5.75 Å². The van der Waals surface area contributed by atoms with Gasteiger partial charge in [0.1, 0.15) is 11.8 Å². The van der Waals surface area contributed by atoms with Crippen molar-refractivity contribution in [2.45, 2.75) is 32.8 Å². The third-order valence-electron chi connectivity index (χ3n) is 5.18. The lowest BCUT2D eigenvalue weighted by Crippen LogP contribution is -2.23. The smallest absolute Gasteiger partial charge is 0.227 e. The lowest BCUT2D eigenvalue weighted by Gasteiger charge is -2.16. The summed E-state index contributed by atoms with van der Waals surface area (Å²) in [6.45, 7) is 4.76. The first kappa shape index (κ1) is 18.1. The molecule has 0 radical (unpaired) electrons. The fourth-order valence-electron chi connectivity index (χ4n) is 3.93. The van der Waals surface area contributed by atoms with Gasteiger partial charge in [0.05, 0.1) is 22.9 Å². The van der Waals surface area contributed by atoms with Gasteiger partial charge in [0, 0.05) is 37.2 Å². The van der Waals surface area contributed by atoms with Gasteiger partial charge in [-0.05, 0) is 50.1 Å². The Labute approximate surface area is 164 Å². The molecule has 2 heterocycles. The Bertz CT molecular complexity index is 1090. The van der Waals surface area contributed by atoms with Crippen LogP contribution in [0.3, 0.4) is 0 Å². The largest absolute Gasteiger partial charge is 0.491 e. The van der Waals surface area contributed by atoms with Crippen molar-refractivity contribution in [2.24, 2.45) is 7.05 Å². The molecule has 142 valence electrons. The van der Waals surface area contributed by atoms with Crippen molar-refractivity contribution < 1.29 is 9.53 Å². The standard InChI is InChI=1S/C23H23N3O2/c1-15(2)28-18-10-11-19-20(14-24)23(25(3)21(19)13-18)16-6-8-17(9-7-16)26-12-4-5-22(26)27/h6-11,13,15H,4-5,12H2,1-3H3. The van der Waals surface area contributed by atoms with Gasteiger partial charge in [0.15, 0.2) is 0 Å². The van der Waals surface area contributed by atoms with Crippen LogP contribution in [0.4, 0.5) is 5.69 Å². The van der Waals surface area contributed by atoms with E-state index in [2.05, 4.69) is 6.07 Å². The van der Waals surface area contributed by atoms with Crippen molar-refractivity contribution in [3.8, 4) is 23.1 Å². The molecule has 0 atom stereocenters. The van der Waals surface area contributed by atoms with E-state index in [1.807, 2.05) is 72.8 Å². The van der Waals surface area contributed by atoms with Crippen molar-refractivity contribution in [2.75, 3.05) is 11.4 Å². The topological polar surface area (TPSA) is 58.3 Å². The summed E-state index contributed by atoms with van der Waals surface area (Å²) >= 11 is 0. The molecule has 0 bridgehead atoms. The molecule has 1 aromatic heterocycles. The number of carbonyl (C=O) groups is 1. The van der Waals surface area contributed by atoms with E-state index in [0.717, 1.165) is 46.6 Å². The third-order valence-corrected chi connectivity index (χ3v) is 5.18. The zero-order valence-corrected chi connectivity index (χ0v) is 16.4. The average molecular weight is 373 g/mol. The predicted octanol–water partition coefficient (Wildman–Crippen LogP) is 4.63. The highest BCUT2D eigenvalue weighted by molar-refractivity contribution is 5.97. The molecule has 1 aliphatic rings. The highest BCUT2D eigenvalue weighted by Gasteiger charge is 2.22. The van der Waals surface area contributed by atoms with Crippen molar-refractivity contribution >= 4 is 22.5 Å². The first-order valence-corrected chi connectivity index (χ1v) is 9.59. The number of rotatable bonds is 4. The minimum Gasteiger partial charge on any atom is -0.491 e. The van der Waals surface area contributed by atoms with E-state index in [1.165, 1.54) is 0 Å². The molecular formula is C23H23N3O2. The number of hydrogen-bond donors (Lipinski definition) is 0. The zero-order chi connectivity index (χ0) is 19.8. The first-order valence-electron chi connectivity index (χ1n) is 9.59. The Morgan fingerprint density at radius 2 is 1.89 bits per heavy atom. The summed E-state index contributed by atoms with van der Waals surface area (Å²) in [6, 6.07) is 16.1. The van der Waals surface area contributed by atoms with Crippen LogP contribution < -0.4 is 9.64 Å². The van der Waals surface area contributed by atoms with Crippen LogP contribution in [0.2, 0.25) is 0 Å². The van der Waals surface area contributed by atoms with Gasteiger partial charge in [-0.15, -0.1) is 0 Å². The Balaban J connectivity index is 1.78. The van der Waals surface area contributed by atoms with E-state index in [1.54, 1.807) is 0 Å². The second-order valence-corrected chi connectivity index (χ2v) is 7.44. The van der Waals surface area contributed by atoms with Crippen molar-refractivity contribution in [3.05, 3.63) is 48.0 Å². The van der Waals surface area contributed by atoms with Crippen LogP contribution in [0, 0.1) is 11.3 Å². The van der Waals surface area contributed by atoms with Gasteiger partial charge in [-0.2, -0.15) is 5.26 Å². The number of anilines is 1. The summed E-state index contributed by atoms with van der Waals surface area (Å²) in [5, 5.41) is 10.7. The summed E-state index contributed by atoms with van der Waals surface area (Å²) in [4.78, 5) is 13.8. The highest BCUT2D eigenvalue weighted by Crippen LogP contribution is 2.35. The average Bonchev–Trinajstić information content (AvgIpc) is 3.22. The lowest BCUT2D eigenvalue weighted by molar-refractivity contribution is -0.117. The predicted molar refractivity (Wildman–Crippen MR) is 110 cm³/mol. The number of amides is 1. The van der Waals surface area contributed by atoms with E-state index >= 15 is 0 Å². The Morgan fingerprint density at radius 1 is 1.14 bits per heavy atom. The summed E-state index contributed by atoms with van der Waals surface area (Å²) < 4.78 is 7.85. The molecule has 0 unspecified atom stereocenters. The van der Waals surface area contributed by atoms with Gasteiger partial charge in [-0.25, -0.2) is 0 Å². The fraction of sp³-hybridized carbons (Fsp3) is 0.304. The Morgan fingerprint density at radius 3 is 2.50 bits per heavy atom. The summed E-state index contributed by atoms with van der Waals surface area (Å²) in [5.74, 6) is 0.967. The molecule has 5 nitrogen and oxygen atoms in total. The van der Waals surface area contributed by atoms with Crippen LogP contribution >= 0.6 is 0 Å². The minimum atomic E-state index is 0.0912. The van der Waals surface area contributed by atoms with E-state index in [-0.39, 0.29) is 12.0 Å². The Hall–Kier alpha value is -3.26. The maximum Gasteiger partial charge on any atom is 0.227 e. The zero-order valence-electron chi connectivity index (χ0n) is 16.4. The van der Waals surface area contributed by atoms with Crippen LogP contribution in [0.15, 0.2) is 42.5 Å². The van der Waals surface area contributed by atoms with E-state index in [0.29, 0.717) is 12.0 Å². The van der Waals surface area contributed by atoms with Gasteiger partial charge in [0.25, 0.3) is 0 Å². The van der Waals surface area contributed by atoms with Crippen molar-refractivity contribution in [1.29, 1.82) is 5.26 Å². The van der Waals surface area contributed by atoms with Gasteiger partial charge in [-0.1, -0.05) is 12.1 Å². The molecule has 1 fully saturated rings. The number of fused-ring (bicyclic) bond motifs is 1. The molecule has 2 aromatic carbocycles. The maximum absolute atomic E-state index is 12.0. The van der Waals surface area contributed by atoms with Gasteiger partial charge in [-0.3, -0.25) is 4.79 Å². The molecule has 0 saturated carbocycles. The van der Waals surface area contributed by atoms with Crippen LogP contribution in [-0.4, -0.2) is 23.1 Å². The first-order chi connectivity index (χ1) is 13.5. The second kappa shape index (κ2) is 7.05. The Kier molecular flexibility index (Phi) is 4.56. The van der Waals surface area contributed by atoms with E-state index in [9.17, 15) is 10.1 Å². The lowest BCUT2D eigenvalue weighted by atomic mass is 10.1. The number of aromatic nitrogens is 1. The van der Waals surface area contributed by atoms with E-state index < -0.39 is 0 Å². The molecular weight excluding hydrogens is 350 g/mol. The molecule has 0 N–H and O–H groups in total. The van der Waals surface area contributed by atoms with Gasteiger partial charge >= 0.3 is 0 Å². The number of nitriles is 1. The number of hydrogen-bond acceptors (Lipinski definition) is 3. The molecule has 3 aromatic rings. The molecule has 1 saturated heterocycles. The second-order valence-electron chi connectivity index (χ2n) is 7.44. The van der Waals surface area contributed by atoms with Crippen LogP contribution in [-0.2, 0) is 11.8 Å². The minimum absolute atomic E-state index is 0.0912. The monoisotopic (exact) mass is 373 g/mol. The summed E-state index contributed by atoms with van der Waals surface area (Å²) in [6.07, 6.45) is 1.61. The molecule has 0 spiro atoms. The number of carbonyl (C=O) groups excluding carboxylic acids is 1. The molecule has 1 amide bonds. The van der Waals surface area contributed by atoms with Crippen molar-refractivity contribution in [3.63, 3.8) is 0 Å². The number of aryl methyl sites for hydroxylation is 1. The van der Waals surface area contributed by atoms with Crippen LogP contribution in [0.25, 0.3) is 22.2 Å². The number of benzene rings is 2. The summed E-state index contributed by atoms with van der Waals surface area (Å²) in [7, 11) is 1.97. The third kappa shape index (κ3) is 3.01. The van der Waals surface area contributed by atoms with Gasteiger partial charge < -0.3 is 14.2 Å². The summed E-state index contributed by atoms with van der Waals surface area (Å²) in [5.41, 5.74) is 4.36. The maximum atomic E-state index is 12.0. The van der Waals surface area contributed by atoms with Crippen molar-refractivity contribution in [1.82, 2.24) is 4.57 Å². The van der Waals surface area contributed by atoms with Crippen LogP contribution in [0.1, 0.15) is 32.3 Å². The number of ether oxygens (including phenoxy) is 1. The van der Waals surface area contributed by atoms with E-state index in [4.69, 9.17) is 4.74 Å². The molecule has 28 heavy (non-hydrogen) atoms. The molecule has 4 rings (SSSR count).